The third-order valence-corrected chi connectivity index (χ3v) is 5.47. The Morgan fingerprint density at radius 2 is 1.83 bits per heavy atom. The molecule has 0 radical (unpaired) electrons. The van der Waals surface area contributed by atoms with Gasteiger partial charge in [0.15, 0.2) is 0 Å². The maximum Gasteiger partial charge on any atom is 0.279 e. The van der Waals surface area contributed by atoms with Crippen molar-refractivity contribution in [1.29, 1.82) is 0 Å². The smallest absolute Gasteiger partial charge is 0.279 e. The van der Waals surface area contributed by atoms with Crippen molar-refractivity contribution < 1.29 is 13.2 Å². The summed E-state index contributed by atoms with van der Waals surface area (Å²) in [6.45, 7) is 8.11. The molecule has 130 valence electrons. The van der Waals surface area contributed by atoms with E-state index in [0.717, 1.165) is 0 Å². The van der Waals surface area contributed by atoms with Crippen LogP contribution in [0.4, 0.5) is 0 Å². The van der Waals surface area contributed by atoms with Crippen LogP contribution in [0.5, 0.6) is 0 Å². The van der Waals surface area contributed by atoms with Crippen LogP contribution >= 0.6 is 0 Å². The molecule has 1 aliphatic heterocycles. The number of rotatable bonds is 7. The molecule has 0 aromatic heterocycles. The number of hydrogen-bond acceptors (Lipinski definition) is 4. The number of morpholine rings is 1. The molecule has 1 aromatic rings. The summed E-state index contributed by atoms with van der Waals surface area (Å²) < 4.78 is 34.0. The van der Waals surface area contributed by atoms with Crippen LogP contribution < -0.4 is 10.0 Å². The van der Waals surface area contributed by atoms with Crippen LogP contribution in [0.2, 0.25) is 0 Å². The Balaban J connectivity index is 1.90. The van der Waals surface area contributed by atoms with Crippen molar-refractivity contribution >= 4 is 10.2 Å². The average Bonchev–Trinajstić information content (AvgIpc) is 2.54. The average molecular weight is 341 g/mol. The minimum absolute atomic E-state index is 0.138. The molecule has 1 heterocycles. The van der Waals surface area contributed by atoms with Crippen molar-refractivity contribution in [2.45, 2.75) is 32.4 Å². The fraction of sp³-hybridized carbons (Fsp3) is 0.625. The zero-order chi connectivity index (χ0) is 16.9. The number of ether oxygens (including phenoxy) is 1. The Morgan fingerprint density at radius 3 is 2.43 bits per heavy atom. The van der Waals surface area contributed by atoms with Gasteiger partial charge in [0.2, 0.25) is 0 Å². The van der Waals surface area contributed by atoms with E-state index in [4.69, 9.17) is 4.74 Å². The van der Waals surface area contributed by atoms with E-state index in [1.54, 1.807) is 0 Å². The Kier molecular flexibility index (Phi) is 6.16. The van der Waals surface area contributed by atoms with Gasteiger partial charge in [-0.05, 0) is 26.3 Å². The van der Waals surface area contributed by atoms with E-state index in [-0.39, 0.29) is 11.6 Å². The Labute approximate surface area is 139 Å². The molecule has 1 atom stereocenters. The first-order valence-corrected chi connectivity index (χ1v) is 9.39. The molecule has 1 unspecified atom stereocenters. The van der Waals surface area contributed by atoms with Gasteiger partial charge in [-0.1, -0.05) is 30.3 Å². The molecule has 1 aromatic carbocycles. The molecule has 0 saturated carbocycles. The molecule has 2 N–H and O–H groups in total. The van der Waals surface area contributed by atoms with Gasteiger partial charge < -0.3 is 10.1 Å². The molecular weight excluding hydrogens is 314 g/mol. The van der Waals surface area contributed by atoms with E-state index in [9.17, 15) is 8.42 Å². The summed E-state index contributed by atoms with van der Waals surface area (Å²) in [6.07, 6.45) is 0. The summed E-state index contributed by atoms with van der Waals surface area (Å²) in [6, 6.07) is 10.2. The highest BCUT2D eigenvalue weighted by atomic mass is 32.2. The highest BCUT2D eigenvalue weighted by molar-refractivity contribution is 7.87. The molecule has 0 amide bonds. The summed E-state index contributed by atoms with van der Waals surface area (Å²) in [5.41, 5.74) is 0.811. The van der Waals surface area contributed by atoms with E-state index in [1.165, 1.54) is 9.87 Å². The predicted octanol–water partition coefficient (Wildman–Crippen LogP) is 1.28. The SMILES string of the molecule is CC(NC(C)(C)CNS(=O)(=O)N1CCOCC1)c1ccccc1. The van der Waals surface area contributed by atoms with Crippen LogP contribution in [0, 0.1) is 0 Å². The van der Waals surface area contributed by atoms with Gasteiger partial charge in [-0.2, -0.15) is 12.7 Å². The molecule has 1 aliphatic rings. The van der Waals surface area contributed by atoms with Crippen molar-refractivity contribution in [3.63, 3.8) is 0 Å². The van der Waals surface area contributed by atoms with Crippen molar-refractivity contribution in [1.82, 2.24) is 14.3 Å². The lowest BCUT2D eigenvalue weighted by Crippen LogP contribution is -2.54. The van der Waals surface area contributed by atoms with Gasteiger partial charge in [-0.15, -0.1) is 0 Å². The second kappa shape index (κ2) is 7.72. The minimum atomic E-state index is -3.45. The van der Waals surface area contributed by atoms with Crippen molar-refractivity contribution in [3.05, 3.63) is 35.9 Å². The van der Waals surface area contributed by atoms with Crippen LogP contribution in [-0.4, -0.2) is 51.1 Å². The van der Waals surface area contributed by atoms with E-state index in [0.29, 0.717) is 32.8 Å². The maximum absolute atomic E-state index is 12.3. The summed E-state index contributed by atoms with van der Waals surface area (Å²) in [5, 5.41) is 3.48. The summed E-state index contributed by atoms with van der Waals surface area (Å²) in [5.74, 6) is 0. The maximum atomic E-state index is 12.3. The number of benzene rings is 1. The van der Waals surface area contributed by atoms with Crippen molar-refractivity contribution in [3.8, 4) is 0 Å². The first-order valence-electron chi connectivity index (χ1n) is 7.95. The van der Waals surface area contributed by atoms with Gasteiger partial charge in [0.25, 0.3) is 10.2 Å². The molecule has 6 nitrogen and oxygen atoms in total. The largest absolute Gasteiger partial charge is 0.379 e. The lowest BCUT2D eigenvalue weighted by atomic mass is 10.0. The molecule has 1 fully saturated rings. The molecule has 0 bridgehead atoms. The first-order chi connectivity index (χ1) is 10.8. The zero-order valence-electron chi connectivity index (χ0n) is 14.1. The van der Waals surface area contributed by atoms with Crippen LogP contribution in [0.25, 0.3) is 0 Å². The second-order valence-corrected chi connectivity index (χ2v) is 8.25. The molecule has 1 saturated heterocycles. The molecule has 7 heteroatoms. The third-order valence-electron chi connectivity index (χ3n) is 3.91. The van der Waals surface area contributed by atoms with E-state index < -0.39 is 10.2 Å². The van der Waals surface area contributed by atoms with Crippen molar-refractivity contribution in [2.75, 3.05) is 32.8 Å². The van der Waals surface area contributed by atoms with Gasteiger partial charge in [-0.3, -0.25) is 0 Å². The first kappa shape index (κ1) is 18.4. The monoisotopic (exact) mass is 341 g/mol. The number of nitrogens with zero attached hydrogens (tertiary/aromatic N) is 1. The Bertz CT molecular complexity index is 584. The summed E-state index contributed by atoms with van der Waals surface area (Å²) >= 11 is 0. The van der Waals surface area contributed by atoms with Crippen LogP contribution in [-0.2, 0) is 14.9 Å². The minimum Gasteiger partial charge on any atom is -0.379 e. The van der Waals surface area contributed by atoms with E-state index in [2.05, 4.69) is 29.1 Å². The van der Waals surface area contributed by atoms with Crippen molar-refractivity contribution in [2.24, 2.45) is 0 Å². The summed E-state index contributed by atoms with van der Waals surface area (Å²) in [7, 11) is -3.45. The zero-order valence-corrected chi connectivity index (χ0v) is 14.9. The standard InChI is InChI=1S/C16H27N3O3S/c1-14(15-7-5-4-6-8-15)18-16(2,3)13-17-23(20,21)19-9-11-22-12-10-19/h4-8,14,17-18H,9-13H2,1-3H3. The van der Waals surface area contributed by atoms with Crippen LogP contribution in [0.1, 0.15) is 32.4 Å². The van der Waals surface area contributed by atoms with Gasteiger partial charge in [-0.25, -0.2) is 4.72 Å². The molecular formula is C16H27N3O3S. The number of hydrogen-bond donors (Lipinski definition) is 2. The lowest BCUT2D eigenvalue weighted by molar-refractivity contribution is 0.0724. The molecule has 23 heavy (non-hydrogen) atoms. The predicted molar refractivity (Wildman–Crippen MR) is 91.4 cm³/mol. The summed E-state index contributed by atoms with van der Waals surface area (Å²) in [4.78, 5) is 0. The highest BCUT2D eigenvalue weighted by Crippen LogP contribution is 2.16. The van der Waals surface area contributed by atoms with Gasteiger partial charge >= 0.3 is 0 Å². The molecule has 2 rings (SSSR count). The van der Waals surface area contributed by atoms with Crippen LogP contribution in [0.3, 0.4) is 0 Å². The van der Waals surface area contributed by atoms with Crippen LogP contribution in [0.15, 0.2) is 30.3 Å². The highest BCUT2D eigenvalue weighted by Gasteiger charge is 2.28. The third kappa shape index (κ3) is 5.54. The lowest BCUT2D eigenvalue weighted by Gasteiger charge is -2.32. The van der Waals surface area contributed by atoms with Gasteiger partial charge in [0, 0.05) is 31.2 Å². The fourth-order valence-electron chi connectivity index (χ4n) is 2.61. The normalized spacial score (nSPS) is 18.7. The Morgan fingerprint density at radius 1 is 1.22 bits per heavy atom. The van der Waals surface area contributed by atoms with E-state index in [1.807, 2.05) is 32.0 Å². The quantitative estimate of drug-likeness (QED) is 0.784. The second-order valence-electron chi connectivity index (χ2n) is 6.50. The van der Waals surface area contributed by atoms with Gasteiger partial charge in [0.1, 0.15) is 0 Å². The fourth-order valence-corrected chi connectivity index (χ4v) is 3.97. The van der Waals surface area contributed by atoms with Gasteiger partial charge in [0.05, 0.1) is 13.2 Å². The Hall–Kier alpha value is -0.990. The number of nitrogens with one attached hydrogen (secondary N) is 2. The molecule has 0 aliphatic carbocycles. The molecule has 0 spiro atoms. The topological polar surface area (TPSA) is 70.7 Å². The van der Waals surface area contributed by atoms with E-state index >= 15 is 0 Å².